The first-order valence-corrected chi connectivity index (χ1v) is 3.43. The van der Waals surface area contributed by atoms with E-state index in [0.29, 0.717) is 5.69 Å². The summed E-state index contributed by atoms with van der Waals surface area (Å²) in [6.45, 7) is 1.71. The topological polar surface area (TPSA) is 34.5 Å². The fraction of sp³-hybridized carbons (Fsp3) is 0.250. The molecule has 0 spiro atoms. The largest absolute Gasteiger partial charge is 0.399 e. The van der Waals surface area contributed by atoms with Gasteiger partial charge in [-0.15, -0.1) is 0 Å². The molecule has 0 aliphatic rings. The van der Waals surface area contributed by atoms with Crippen molar-refractivity contribution in [3.05, 3.63) is 29.3 Å². The van der Waals surface area contributed by atoms with Gasteiger partial charge in [-0.2, -0.15) is 4.39 Å². The maximum absolute atomic E-state index is 12.5. The molecule has 0 bridgehead atoms. The standard InChI is InChI=1S/C8H9FN2O/c1-6-7(5-10-12-2)3-4-8(9)11-6/h3-5H,1-2H3/b10-5-. The molecule has 1 aromatic rings. The average Bonchev–Trinajstić information content (AvgIpc) is 2.03. The van der Waals surface area contributed by atoms with Crippen LogP contribution in [0.15, 0.2) is 17.3 Å². The molecule has 3 nitrogen and oxygen atoms in total. The monoisotopic (exact) mass is 168 g/mol. The van der Waals surface area contributed by atoms with Crippen molar-refractivity contribution in [2.45, 2.75) is 6.92 Å². The Labute approximate surface area is 69.9 Å². The van der Waals surface area contributed by atoms with Crippen molar-refractivity contribution in [3.63, 3.8) is 0 Å². The molecule has 1 aromatic heterocycles. The number of aromatic nitrogens is 1. The first-order chi connectivity index (χ1) is 5.74. The van der Waals surface area contributed by atoms with Crippen LogP contribution in [-0.4, -0.2) is 18.3 Å². The SMILES string of the molecule is CO/N=C\c1ccc(F)nc1C. The van der Waals surface area contributed by atoms with E-state index in [1.165, 1.54) is 19.4 Å². The van der Waals surface area contributed by atoms with Crippen molar-refractivity contribution in [1.29, 1.82) is 0 Å². The van der Waals surface area contributed by atoms with Crippen LogP contribution >= 0.6 is 0 Å². The quantitative estimate of drug-likeness (QED) is 0.381. The molecular formula is C8H9FN2O. The van der Waals surface area contributed by atoms with E-state index in [4.69, 9.17) is 0 Å². The third-order valence-electron chi connectivity index (χ3n) is 1.39. The van der Waals surface area contributed by atoms with Gasteiger partial charge in [0.2, 0.25) is 5.95 Å². The lowest BCUT2D eigenvalue weighted by Gasteiger charge is -1.96. The van der Waals surface area contributed by atoms with Crippen LogP contribution in [0.1, 0.15) is 11.3 Å². The zero-order valence-electron chi connectivity index (χ0n) is 6.91. The molecule has 0 amide bonds. The number of rotatable bonds is 2. The normalized spacial score (nSPS) is 10.6. The van der Waals surface area contributed by atoms with E-state index in [1.807, 2.05) is 0 Å². The van der Waals surface area contributed by atoms with Crippen LogP contribution in [0.4, 0.5) is 4.39 Å². The Morgan fingerprint density at radius 1 is 1.58 bits per heavy atom. The summed E-state index contributed by atoms with van der Waals surface area (Å²) in [6.07, 6.45) is 1.49. The number of aryl methyl sites for hydroxylation is 1. The molecule has 0 N–H and O–H groups in total. The number of hydrogen-bond donors (Lipinski definition) is 0. The van der Waals surface area contributed by atoms with E-state index in [-0.39, 0.29) is 0 Å². The highest BCUT2D eigenvalue weighted by Gasteiger charge is 1.97. The number of pyridine rings is 1. The van der Waals surface area contributed by atoms with Crippen molar-refractivity contribution < 1.29 is 9.23 Å². The van der Waals surface area contributed by atoms with Crippen LogP contribution in [-0.2, 0) is 4.84 Å². The van der Waals surface area contributed by atoms with Gasteiger partial charge < -0.3 is 4.84 Å². The summed E-state index contributed by atoms with van der Waals surface area (Å²) in [7, 11) is 1.45. The van der Waals surface area contributed by atoms with Crippen LogP contribution in [0, 0.1) is 12.9 Å². The zero-order chi connectivity index (χ0) is 8.97. The molecule has 0 aromatic carbocycles. The molecule has 64 valence electrons. The Morgan fingerprint density at radius 2 is 2.33 bits per heavy atom. The van der Waals surface area contributed by atoms with E-state index >= 15 is 0 Å². The smallest absolute Gasteiger partial charge is 0.213 e. The Morgan fingerprint density at radius 3 is 2.92 bits per heavy atom. The van der Waals surface area contributed by atoms with Crippen LogP contribution in [0.2, 0.25) is 0 Å². The number of halogens is 1. The Balaban J connectivity index is 2.94. The molecule has 0 aliphatic carbocycles. The second-order valence-electron chi connectivity index (χ2n) is 2.23. The van der Waals surface area contributed by atoms with Crippen LogP contribution in [0.3, 0.4) is 0 Å². The molecule has 1 rings (SSSR count). The molecule has 0 saturated heterocycles. The van der Waals surface area contributed by atoms with E-state index in [0.717, 1.165) is 5.56 Å². The molecule has 1 heterocycles. The lowest BCUT2D eigenvalue weighted by molar-refractivity contribution is 0.215. The zero-order valence-corrected chi connectivity index (χ0v) is 6.91. The van der Waals surface area contributed by atoms with Crippen molar-refractivity contribution >= 4 is 6.21 Å². The Hall–Kier alpha value is -1.45. The third kappa shape index (κ3) is 2.02. The third-order valence-corrected chi connectivity index (χ3v) is 1.39. The number of nitrogens with zero attached hydrogens (tertiary/aromatic N) is 2. The molecule has 0 saturated carbocycles. The van der Waals surface area contributed by atoms with Crippen LogP contribution in [0.5, 0.6) is 0 Å². The second kappa shape index (κ2) is 3.80. The summed E-state index contributed by atoms with van der Waals surface area (Å²) in [4.78, 5) is 8.09. The van der Waals surface area contributed by atoms with Gasteiger partial charge in [0.05, 0.1) is 6.21 Å². The summed E-state index contributed by atoms with van der Waals surface area (Å²) in [5, 5.41) is 3.55. The van der Waals surface area contributed by atoms with Gasteiger partial charge in [-0.25, -0.2) is 4.98 Å². The lowest BCUT2D eigenvalue weighted by atomic mass is 10.2. The van der Waals surface area contributed by atoms with Crippen molar-refractivity contribution in [1.82, 2.24) is 4.98 Å². The Bertz CT molecular complexity index is 299. The summed E-state index contributed by atoms with van der Waals surface area (Å²) < 4.78 is 12.5. The minimum Gasteiger partial charge on any atom is -0.399 e. The number of oxime groups is 1. The molecule has 0 radical (unpaired) electrons. The van der Waals surface area contributed by atoms with Crippen LogP contribution in [0.25, 0.3) is 0 Å². The lowest BCUT2D eigenvalue weighted by Crippen LogP contribution is -1.93. The highest BCUT2D eigenvalue weighted by Crippen LogP contribution is 2.02. The maximum atomic E-state index is 12.5. The van der Waals surface area contributed by atoms with Crippen molar-refractivity contribution in [2.75, 3.05) is 7.11 Å². The van der Waals surface area contributed by atoms with Crippen molar-refractivity contribution in [2.24, 2.45) is 5.16 Å². The molecule has 0 fully saturated rings. The van der Waals surface area contributed by atoms with E-state index in [1.54, 1.807) is 13.0 Å². The molecular weight excluding hydrogens is 159 g/mol. The highest BCUT2D eigenvalue weighted by molar-refractivity contribution is 5.80. The first-order valence-electron chi connectivity index (χ1n) is 3.43. The fourth-order valence-electron chi connectivity index (χ4n) is 0.787. The van der Waals surface area contributed by atoms with Gasteiger partial charge in [0, 0.05) is 11.3 Å². The number of hydrogen-bond acceptors (Lipinski definition) is 3. The van der Waals surface area contributed by atoms with Crippen LogP contribution < -0.4 is 0 Å². The van der Waals surface area contributed by atoms with Gasteiger partial charge in [-0.3, -0.25) is 0 Å². The maximum Gasteiger partial charge on any atom is 0.213 e. The molecule has 0 unspecified atom stereocenters. The van der Waals surface area contributed by atoms with Gasteiger partial charge in [0.1, 0.15) is 7.11 Å². The predicted octanol–water partition coefficient (Wildman–Crippen LogP) is 1.51. The minimum atomic E-state index is -0.484. The van der Waals surface area contributed by atoms with Gasteiger partial charge in [0.25, 0.3) is 0 Å². The summed E-state index contributed by atoms with van der Waals surface area (Å²) in [5.74, 6) is -0.484. The second-order valence-corrected chi connectivity index (χ2v) is 2.23. The van der Waals surface area contributed by atoms with Gasteiger partial charge in [0.15, 0.2) is 0 Å². The summed E-state index contributed by atoms with van der Waals surface area (Å²) in [6, 6.07) is 2.88. The Kier molecular flexibility index (Phi) is 2.74. The van der Waals surface area contributed by atoms with E-state index < -0.39 is 5.95 Å². The minimum absolute atomic E-state index is 0.484. The fourth-order valence-corrected chi connectivity index (χ4v) is 0.787. The summed E-state index contributed by atoms with van der Waals surface area (Å²) in [5.41, 5.74) is 1.34. The molecule has 0 aliphatic heterocycles. The molecule has 4 heteroatoms. The van der Waals surface area contributed by atoms with Crippen molar-refractivity contribution in [3.8, 4) is 0 Å². The van der Waals surface area contributed by atoms with Gasteiger partial charge in [-0.1, -0.05) is 5.16 Å². The highest BCUT2D eigenvalue weighted by atomic mass is 19.1. The summed E-state index contributed by atoms with van der Waals surface area (Å²) >= 11 is 0. The average molecular weight is 168 g/mol. The predicted molar refractivity (Wildman–Crippen MR) is 43.5 cm³/mol. The first kappa shape index (κ1) is 8.64. The van der Waals surface area contributed by atoms with E-state index in [9.17, 15) is 4.39 Å². The van der Waals surface area contributed by atoms with Gasteiger partial charge in [-0.05, 0) is 19.1 Å². The molecule has 0 atom stereocenters. The van der Waals surface area contributed by atoms with E-state index in [2.05, 4.69) is 15.0 Å². The van der Waals surface area contributed by atoms with Gasteiger partial charge >= 0.3 is 0 Å². The molecule has 12 heavy (non-hydrogen) atoms.